The Morgan fingerprint density at radius 2 is 1.89 bits per heavy atom. The van der Waals surface area contributed by atoms with Crippen LogP contribution in [0, 0.1) is 5.92 Å². The van der Waals surface area contributed by atoms with Gasteiger partial charge in [-0.25, -0.2) is 4.79 Å². The molecule has 2 aliphatic rings. The fraction of sp³-hybridized carbons (Fsp3) is 0.857. The second-order valence-electron chi connectivity index (χ2n) is 5.64. The van der Waals surface area contributed by atoms with Gasteiger partial charge < -0.3 is 10.4 Å². The molecule has 0 radical (unpaired) electrons. The van der Waals surface area contributed by atoms with Gasteiger partial charge in [0.15, 0.2) is 0 Å². The highest BCUT2D eigenvalue weighted by molar-refractivity contribution is 8.00. The lowest BCUT2D eigenvalue weighted by Crippen LogP contribution is -2.45. The maximum absolute atomic E-state index is 12.0. The van der Waals surface area contributed by atoms with Crippen LogP contribution in [-0.4, -0.2) is 34.0 Å². The summed E-state index contributed by atoms with van der Waals surface area (Å²) in [5, 5.41) is 12.0. The van der Waals surface area contributed by atoms with E-state index < -0.39 is 12.0 Å². The summed E-state index contributed by atoms with van der Waals surface area (Å²) in [5.74, 6) is 0.511. The summed E-state index contributed by atoms with van der Waals surface area (Å²) in [4.78, 5) is 23.3. The Morgan fingerprint density at radius 1 is 1.16 bits per heavy atom. The molecular formula is C14H23NO3S. The number of carbonyl (C=O) groups excluding carboxylic acids is 1. The second-order valence-corrected chi connectivity index (χ2v) is 6.95. The molecule has 1 amide bonds. The van der Waals surface area contributed by atoms with Crippen molar-refractivity contribution < 1.29 is 14.7 Å². The largest absolute Gasteiger partial charge is 0.480 e. The van der Waals surface area contributed by atoms with Crippen molar-refractivity contribution in [3.05, 3.63) is 0 Å². The van der Waals surface area contributed by atoms with Gasteiger partial charge in [0.2, 0.25) is 5.91 Å². The van der Waals surface area contributed by atoms with E-state index in [1.807, 2.05) is 0 Å². The SMILES string of the molecule is O=C(O)C(CC1CCCCC1)NC(=O)C1CCCS1. The topological polar surface area (TPSA) is 66.4 Å². The first-order valence-electron chi connectivity index (χ1n) is 7.31. The van der Waals surface area contributed by atoms with Gasteiger partial charge in [0, 0.05) is 0 Å². The summed E-state index contributed by atoms with van der Waals surface area (Å²) in [7, 11) is 0. The lowest BCUT2D eigenvalue weighted by atomic mass is 9.85. The Labute approximate surface area is 118 Å². The lowest BCUT2D eigenvalue weighted by Gasteiger charge is -2.25. The first kappa shape index (κ1) is 14.7. The number of carbonyl (C=O) groups is 2. The van der Waals surface area contributed by atoms with Crippen molar-refractivity contribution in [2.45, 2.75) is 62.7 Å². The van der Waals surface area contributed by atoms with Crippen LogP contribution < -0.4 is 5.32 Å². The van der Waals surface area contributed by atoms with Crippen LogP contribution in [0.15, 0.2) is 0 Å². The van der Waals surface area contributed by atoms with E-state index in [1.165, 1.54) is 19.3 Å². The van der Waals surface area contributed by atoms with E-state index in [0.717, 1.165) is 31.4 Å². The molecule has 2 N–H and O–H groups in total. The number of hydrogen-bond donors (Lipinski definition) is 2. The van der Waals surface area contributed by atoms with Gasteiger partial charge in [0.25, 0.3) is 0 Å². The van der Waals surface area contributed by atoms with E-state index in [9.17, 15) is 14.7 Å². The van der Waals surface area contributed by atoms with Gasteiger partial charge in [0.1, 0.15) is 6.04 Å². The zero-order valence-corrected chi connectivity index (χ0v) is 12.1. The fourth-order valence-electron chi connectivity index (χ4n) is 3.03. The molecule has 2 unspecified atom stereocenters. The summed E-state index contributed by atoms with van der Waals surface area (Å²) in [6.07, 6.45) is 8.41. The highest BCUT2D eigenvalue weighted by Crippen LogP contribution is 2.29. The predicted octanol–water partition coefficient (Wildman–Crippen LogP) is 2.42. The van der Waals surface area contributed by atoms with Gasteiger partial charge in [-0.1, -0.05) is 32.1 Å². The third-order valence-corrected chi connectivity index (χ3v) is 5.51. The molecule has 2 rings (SSSR count). The molecule has 0 aromatic rings. The fourth-order valence-corrected chi connectivity index (χ4v) is 4.20. The van der Waals surface area contributed by atoms with Crippen molar-refractivity contribution in [2.75, 3.05) is 5.75 Å². The zero-order chi connectivity index (χ0) is 13.7. The standard InChI is InChI=1S/C14H23NO3S/c16-13(12-7-4-8-19-12)15-11(14(17)18)9-10-5-2-1-3-6-10/h10-12H,1-9H2,(H,15,16)(H,17,18). The van der Waals surface area contributed by atoms with E-state index in [1.54, 1.807) is 11.8 Å². The van der Waals surface area contributed by atoms with E-state index >= 15 is 0 Å². The van der Waals surface area contributed by atoms with Crippen LogP contribution in [0.4, 0.5) is 0 Å². The minimum Gasteiger partial charge on any atom is -0.480 e. The summed E-state index contributed by atoms with van der Waals surface area (Å²) in [6.45, 7) is 0. The van der Waals surface area contributed by atoms with Crippen LogP contribution >= 0.6 is 11.8 Å². The Morgan fingerprint density at radius 3 is 2.47 bits per heavy atom. The van der Waals surface area contributed by atoms with Crippen LogP contribution in [0.5, 0.6) is 0 Å². The normalized spacial score (nSPS) is 26.0. The van der Waals surface area contributed by atoms with Crippen LogP contribution in [-0.2, 0) is 9.59 Å². The van der Waals surface area contributed by atoms with Crippen molar-refractivity contribution in [1.29, 1.82) is 0 Å². The number of carboxylic acids is 1. The molecule has 2 fully saturated rings. The van der Waals surface area contributed by atoms with Crippen LogP contribution in [0.1, 0.15) is 51.4 Å². The second kappa shape index (κ2) is 7.17. The molecule has 1 saturated carbocycles. The number of rotatable bonds is 5. The number of hydrogen-bond acceptors (Lipinski definition) is 3. The molecule has 1 aliphatic heterocycles. The zero-order valence-electron chi connectivity index (χ0n) is 11.3. The molecule has 0 spiro atoms. The molecule has 1 saturated heterocycles. The predicted molar refractivity (Wildman–Crippen MR) is 76.2 cm³/mol. The Hall–Kier alpha value is -0.710. The maximum Gasteiger partial charge on any atom is 0.326 e. The highest BCUT2D eigenvalue weighted by Gasteiger charge is 2.29. The summed E-state index contributed by atoms with van der Waals surface area (Å²) < 4.78 is 0. The van der Waals surface area contributed by atoms with Crippen molar-refractivity contribution in [3.8, 4) is 0 Å². The average Bonchev–Trinajstić information content (AvgIpc) is 2.93. The molecule has 4 nitrogen and oxygen atoms in total. The average molecular weight is 285 g/mol. The molecule has 108 valence electrons. The minimum atomic E-state index is -0.887. The van der Waals surface area contributed by atoms with Gasteiger partial charge in [-0.05, 0) is 30.9 Å². The van der Waals surface area contributed by atoms with E-state index in [-0.39, 0.29) is 11.2 Å². The quantitative estimate of drug-likeness (QED) is 0.814. The third-order valence-electron chi connectivity index (χ3n) is 4.13. The summed E-state index contributed by atoms with van der Waals surface area (Å²) in [6, 6.07) is -0.697. The third kappa shape index (κ3) is 4.41. The van der Waals surface area contributed by atoms with Crippen LogP contribution in [0.25, 0.3) is 0 Å². The first-order valence-corrected chi connectivity index (χ1v) is 8.36. The highest BCUT2D eigenvalue weighted by atomic mass is 32.2. The molecule has 1 aliphatic carbocycles. The number of aliphatic carboxylic acids is 1. The molecular weight excluding hydrogens is 262 g/mol. The smallest absolute Gasteiger partial charge is 0.326 e. The first-order chi connectivity index (χ1) is 9.16. The molecule has 19 heavy (non-hydrogen) atoms. The van der Waals surface area contributed by atoms with Crippen molar-refractivity contribution in [1.82, 2.24) is 5.32 Å². The number of amides is 1. The monoisotopic (exact) mass is 285 g/mol. The molecule has 0 bridgehead atoms. The number of thioether (sulfide) groups is 1. The van der Waals surface area contributed by atoms with Gasteiger partial charge in [0.05, 0.1) is 5.25 Å². The van der Waals surface area contributed by atoms with Crippen LogP contribution in [0.2, 0.25) is 0 Å². The van der Waals surface area contributed by atoms with Gasteiger partial charge in [-0.2, -0.15) is 0 Å². The molecule has 0 aromatic heterocycles. The van der Waals surface area contributed by atoms with E-state index in [0.29, 0.717) is 12.3 Å². The van der Waals surface area contributed by atoms with Gasteiger partial charge >= 0.3 is 5.97 Å². The lowest BCUT2D eigenvalue weighted by molar-refractivity contribution is -0.142. The van der Waals surface area contributed by atoms with E-state index in [4.69, 9.17) is 0 Å². The molecule has 2 atom stereocenters. The maximum atomic E-state index is 12.0. The van der Waals surface area contributed by atoms with Crippen molar-refractivity contribution in [3.63, 3.8) is 0 Å². The van der Waals surface area contributed by atoms with Crippen LogP contribution in [0.3, 0.4) is 0 Å². The van der Waals surface area contributed by atoms with Gasteiger partial charge in [-0.3, -0.25) is 4.79 Å². The Balaban J connectivity index is 1.84. The Kier molecular flexibility index (Phi) is 5.55. The van der Waals surface area contributed by atoms with Gasteiger partial charge in [-0.15, -0.1) is 11.8 Å². The Bertz CT molecular complexity index is 323. The van der Waals surface area contributed by atoms with Crippen molar-refractivity contribution >= 4 is 23.6 Å². The summed E-state index contributed by atoms with van der Waals surface area (Å²) >= 11 is 1.65. The minimum absolute atomic E-state index is 0.0341. The number of nitrogens with one attached hydrogen (secondary N) is 1. The molecule has 1 heterocycles. The summed E-state index contributed by atoms with van der Waals surface area (Å²) in [5.41, 5.74) is 0. The van der Waals surface area contributed by atoms with Crippen molar-refractivity contribution in [2.24, 2.45) is 5.92 Å². The number of carboxylic acid groups (broad SMARTS) is 1. The molecule has 5 heteroatoms. The molecule has 0 aromatic carbocycles. The van der Waals surface area contributed by atoms with E-state index in [2.05, 4.69) is 5.32 Å².